The lowest BCUT2D eigenvalue weighted by Crippen LogP contribution is -2.60. The predicted molar refractivity (Wildman–Crippen MR) is 56.9 cm³/mol. The molecule has 0 aromatic rings. The minimum atomic E-state index is -0.839. The molecule has 3 unspecified atom stereocenters. The van der Waals surface area contributed by atoms with Crippen LogP contribution < -0.4 is 5.43 Å². The number of allylic oxidation sites excluding steroid dienone is 1. The molecule has 0 spiro atoms. The van der Waals surface area contributed by atoms with E-state index in [1.54, 1.807) is 6.92 Å². The number of aliphatic hydroxyl groups excluding tert-OH is 1. The number of rotatable bonds is 2. The molecule has 0 aromatic carbocycles. The standard InChI is InChI=1S/C11H18N2O3/c1-3-8-4-5-9(6-8)13(16)11(15)10(14)7(2)12-13/h8-9,16H,3-6H2,1-2H3,(H-,12,14,15)/p+1. The van der Waals surface area contributed by atoms with Crippen molar-refractivity contribution in [2.24, 2.45) is 5.92 Å². The first-order chi connectivity index (χ1) is 7.49. The fraction of sp³-hybridized carbons (Fsp3) is 0.727. The van der Waals surface area contributed by atoms with Gasteiger partial charge in [-0.2, -0.15) is 10.6 Å². The second-order valence-corrected chi connectivity index (χ2v) is 4.82. The summed E-state index contributed by atoms with van der Waals surface area (Å²) in [5, 5.41) is 19.8. The van der Waals surface area contributed by atoms with Crippen molar-refractivity contribution in [3.63, 3.8) is 0 Å². The Morgan fingerprint density at radius 2 is 2.19 bits per heavy atom. The van der Waals surface area contributed by atoms with Crippen LogP contribution in [0.1, 0.15) is 39.5 Å². The molecule has 1 amide bonds. The first kappa shape index (κ1) is 11.4. The van der Waals surface area contributed by atoms with Crippen molar-refractivity contribution in [2.75, 3.05) is 0 Å². The molecule has 1 aliphatic carbocycles. The van der Waals surface area contributed by atoms with Gasteiger partial charge in [0, 0.05) is 12.8 Å². The first-order valence-corrected chi connectivity index (χ1v) is 5.83. The summed E-state index contributed by atoms with van der Waals surface area (Å²) in [5.74, 6) is -0.397. The molecule has 1 heterocycles. The van der Waals surface area contributed by atoms with Gasteiger partial charge in [0.1, 0.15) is 5.70 Å². The van der Waals surface area contributed by atoms with Crippen LogP contribution in [0, 0.1) is 5.92 Å². The number of hydrogen-bond acceptors (Lipinski definition) is 4. The maximum atomic E-state index is 11.8. The topological polar surface area (TPSA) is 69.6 Å². The van der Waals surface area contributed by atoms with Crippen molar-refractivity contribution in [3.8, 4) is 0 Å². The Kier molecular flexibility index (Phi) is 2.67. The van der Waals surface area contributed by atoms with Crippen molar-refractivity contribution in [2.45, 2.75) is 45.6 Å². The van der Waals surface area contributed by atoms with E-state index in [2.05, 4.69) is 12.3 Å². The van der Waals surface area contributed by atoms with Gasteiger partial charge in [0.15, 0.2) is 6.04 Å². The molecule has 2 rings (SSSR count). The number of hydroxylamine groups is 2. The number of aliphatic hydroxyl groups is 1. The first-order valence-electron chi connectivity index (χ1n) is 5.83. The van der Waals surface area contributed by atoms with Crippen LogP contribution in [0.2, 0.25) is 0 Å². The predicted octanol–water partition coefficient (Wildman–Crippen LogP) is 1.61. The molecule has 0 aromatic heterocycles. The zero-order chi connectivity index (χ0) is 11.9. The summed E-state index contributed by atoms with van der Waals surface area (Å²) in [6.07, 6.45) is 3.75. The summed E-state index contributed by atoms with van der Waals surface area (Å²) >= 11 is 0. The zero-order valence-corrected chi connectivity index (χ0v) is 9.73. The van der Waals surface area contributed by atoms with Gasteiger partial charge in [-0.1, -0.05) is 13.3 Å². The largest absolute Gasteiger partial charge is 0.499 e. The Morgan fingerprint density at radius 1 is 1.50 bits per heavy atom. The van der Waals surface area contributed by atoms with E-state index in [-0.39, 0.29) is 11.8 Å². The van der Waals surface area contributed by atoms with E-state index in [4.69, 9.17) is 0 Å². The second kappa shape index (κ2) is 3.75. The van der Waals surface area contributed by atoms with Crippen LogP contribution in [0.4, 0.5) is 0 Å². The molecule has 90 valence electrons. The van der Waals surface area contributed by atoms with Crippen molar-refractivity contribution in [1.82, 2.24) is 5.43 Å². The smallest absolute Gasteiger partial charge is 0.439 e. The average Bonchev–Trinajstić information content (AvgIpc) is 2.81. The molecule has 5 nitrogen and oxygen atoms in total. The van der Waals surface area contributed by atoms with Gasteiger partial charge in [0.2, 0.25) is 0 Å². The fourth-order valence-corrected chi connectivity index (χ4v) is 2.70. The number of nitrogens with one attached hydrogen (secondary N) is 1. The molecule has 0 bridgehead atoms. The van der Waals surface area contributed by atoms with E-state index >= 15 is 0 Å². The molecule has 1 saturated carbocycles. The third-order valence-electron chi connectivity index (χ3n) is 3.82. The maximum Gasteiger partial charge on any atom is 0.439 e. The Bertz CT molecular complexity index is 353. The lowest BCUT2D eigenvalue weighted by Gasteiger charge is -2.28. The summed E-state index contributed by atoms with van der Waals surface area (Å²) < 4.78 is -0.839. The summed E-state index contributed by atoms with van der Waals surface area (Å²) in [6.45, 7) is 3.71. The zero-order valence-electron chi connectivity index (χ0n) is 9.73. The van der Waals surface area contributed by atoms with Crippen molar-refractivity contribution >= 4 is 5.91 Å². The highest BCUT2D eigenvalue weighted by Crippen LogP contribution is 2.36. The van der Waals surface area contributed by atoms with Gasteiger partial charge in [0.25, 0.3) is 5.76 Å². The number of quaternary nitrogens is 1. The summed E-state index contributed by atoms with van der Waals surface area (Å²) in [7, 11) is 0. The number of carbonyl (C=O) groups is 1. The van der Waals surface area contributed by atoms with E-state index < -0.39 is 10.7 Å². The highest BCUT2D eigenvalue weighted by Gasteiger charge is 2.54. The summed E-state index contributed by atoms with van der Waals surface area (Å²) in [6, 6.07) is -0.142. The normalized spacial score (nSPS) is 39.3. The second-order valence-electron chi connectivity index (χ2n) is 4.82. The van der Waals surface area contributed by atoms with Gasteiger partial charge < -0.3 is 5.11 Å². The van der Waals surface area contributed by atoms with Gasteiger partial charge in [0.05, 0.1) is 0 Å². The SMILES string of the molecule is CCC1CCC([N+]2(O)NC(C)=C(O)C2=O)C1. The number of carbonyl (C=O) groups excluding carboxylic acids is 1. The van der Waals surface area contributed by atoms with Crippen LogP contribution in [0.25, 0.3) is 0 Å². The van der Waals surface area contributed by atoms with Gasteiger partial charge in [-0.25, -0.2) is 4.79 Å². The molecule has 1 aliphatic heterocycles. The van der Waals surface area contributed by atoms with E-state index in [1.165, 1.54) is 0 Å². The molecule has 0 saturated heterocycles. The van der Waals surface area contributed by atoms with Crippen LogP contribution in [-0.4, -0.2) is 27.0 Å². The van der Waals surface area contributed by atoms with Crippen LogP contribution in [0.5, 0.6) is 0 Å². The van der Waals surface area contributed by atoms with Crippen LogP contribution in [0.15, 0.2) is 11.5 Å². The van der Waals surface area contributed by atoms with E-state index in [0.29, 0.717) is 11.6 Å². The Balaban J connectivity index is 2.14. The van der Waals surface area contributed by atoms with Gasteiger partial charge in [-0.3, -0.25) is 0 Å². The van der Waals surface area contributed by atoms with Crippen molar-refractivity contribution in [1.29, 1.82) is 0 Å². The Labute approximate surface area is 94.9 Å². The molecule has 16 heavy (non-hydrogen) atoms. The minimum absolute atomic E-state index is 0.142. The minimum Gasteiger partial charge on any atom is -0.499 e. The molecular formula is C11H19N2O3+. The van der Waals surface area contributed by atoms with Crippen LogP contribution in [-0.2, 0) is 4.79 Å². The molecule has 3 N–H and O–H groups in total. The Hall–Kier alpha value is -1.07. The molecule has 1 fully saturated rings. The number of hydrogen-bond donors (Lipinski definition) is 3. The Morgan fingerprint density at radius 3 is 2.62 bits per heavy atom. The molecular weight excluding hydrogens is 208 g/mol. The molecule has 5 heteroatoms. The number of nitrogens with zero attached hydrogens (tertiary/aromatic N) is 1. The lowest BCUT2D eigenvalue weighted by molar-refractivity contribution is -1.08. The van der Waals surface area contributed by atoms with Gasteiger partial charge in [-0.15, -0.1) is 0 Å². The highest BCUT2D eigenvalue weighted by atomic mass is 16.6. The maximum absolute atomic E-state index is 11.8. The average molecular weight is 227 g/mol. The highest BCUT2D eigenvalue weighted by molar-refractivity contribution is 5.87. The number of amides is 1. The molecule has 2 aliphatic rings. The van der Waals surface area contributed by atoms with Crippen LogP contribution >= 0.6 is 0 Å². The lowest BCUT2D eigenvalue weighted by atomic mass is 10.1. The molecule has 3 atom stereocenters. The van der Waals surface area contributed by atoms with Crippen LogP contribution in [0.3, 0.4) is 0 Å². The quantitative estimate of drug-likeness (QED) is 0.495. The third kappa shape index (κ3) is 1.51. The van der Waals surface area contributed by atoms with Gasteiger partial charge in [-0.05, 0) is 24.0 Å². The molecule has 0 radical (unpaired) electrons. The summed E-state index contributed by atoms with van der Waals surface area (Å²) in [4.78, 5) is 11.8. The summed E-state index contributed by atoms with van der Waals surface area (Å²) in [5.41, 5.74) is 3.04. The fourth-order valence-electron chi connectivity index (χ4n) is 2.70. The third-order valence-corrected chi connectivity index (χ3v) is 3.82. The van der Waals surface area contributed by atoms with Crippen molar-refractivity contribution < 1.29 is 19.9 Å². The monoisotopic (exact) mass is 227 g/mol. The van der Waals surface area contributed by atoms with Crippen molar-refractivity contribution in [3.05, 3.63) is 11.5 Å². The van der Waals surface area contributed by atoms with E-state index in [9.17, 15) is 15.1 Å². The van der Waals surface area contributed by atoms with E-state index in [0.717, 1.165) is 25.7 Å². The van der Waals surface area contributed by atoms with E-state index in [1.807, 2.05) is 0 Å². The van der Waals surface area contributed by atoms with Gasteiger partial charge >= 0.3 is 5.91 Å².